The minimum atomic E-state index is 0.323. The van der Waals surface area contributed by atoms with Gasteiger partial charge in [-0.25, -0.2) is 9.97 Å². The summed E-state index contributed by atoms with van der Waals surface area (Å²) in [7, 11) is 0. The Morgan fingerprint density at radius 1 is 1.43 bits per heavy atom. The highest BCUT2D eigenvalue weighted by atomic mass is 32.1. The van der Waals surface area contributed by atoms with Crippen molar-refractivity contribution in [3.8, 4) is 0 Å². The van der Waals surface area contributed by atoms with Crippen LogP contribution in [0.25, 0.3) is 10.3 Å². The van der Waals surface area contributed by atoms with Gasteiger partial charge in [0, 0.05) is 25.8 Å². The smallest absolute Gasteiger partial charge is 0.189 e. The van der Waals surface area contributed by atoms with Gasteiger partial charge in [0.15, 0.2) is 5.13 Å². The lowest BCUT2D eigenvalue weighted by Crippen LogP contribution is -2.46. The maximum absolute atomic E-state index is 5.78. The van der Waals surface area contributed by atoms with Gasteiger partial charge in [0.2, 0.25) is 0 Å². The van der Waals surface area contributed by atoms with Crippen LogP contribution in [0.15, 0.2) is 30.6 Å². The second-order valence-corrected chi connectivity index (χ2v) is 7.28. The summed E-state index contributed by atoms with van der Waals surface area (Å²) in [4.78, 5) is 12.3. The summed E-state index contributed by atoms with van der Waals surface area (Å²) in [5.74, 6) is 0.479. The van der Waals surface area contributed by atoms with E-state index in [1.54, 1.807) is 17.5 Å². The summed E-state index contributed by atoms with van der Waals surface area (Å²) in [6.45, 7) is 9.61. The Kier molecular flexibility index (Phi) is 5.25. The summed E-state index contributed by atoms with van der Waals surface area (Å²) in [5.41, 5.74) is 0.942. The highest BCUT2D eigenvalue weighted by Gasteiger charge is 2.22. The number of pyridine rings is 1. The first-order valence-corrected chi connectivity index (χ1v) is 8.94. The van der Waals surface area contributed by atoms with Crippen molar-refractivity contribution >= 4 is 26.8 Å². The van der Waals surface area contributed by atoms with Crippen molar-refractivity contribution < 1.29 is 4.74 Å². The average molecular weight is 332 g/mol. The first-order chi connectivity index (χ1) is 11.1. The van der Waals surface area contributed by atoms with Crippen LogP contribution in [0.2, 0.25) is 0 Å². The number of fused-ring (bicyclic) bond motifs is 1. The molecule has 1 fully saturated rings. The Labute approximate surface area is 141 Å². The average Bonchev–Trinajstić information content (AvgIpc) is 2.88. The summed E-state index contributed by atoms with van der Waals surface area (Å²) < 4.78 is 5.78. The molecule has 0 spiro atoms. The summed E-state index contributed by atoms with van der Waals surface area (Å²) >= 11 is 1.57. The number of rotatable bonds is 5. The van der Waals surface area contributed by atoms with Crippen molar-refractivity contribution in [2.45, 2.75) is 33.0 Å². The topological polar surface area (TPSA) is 50.3 Å². The predicted octanol–water partition coefficient (Wildman–Crippen LogP) is 3.36. The third kappa shape index (κ3) is 4.50. The SMILES string of the molecule is CC(/C=C/Nc1nc2cccnc2s1)CN1CC(C)OC(C)C1. The highest BCUT2D eigenvalue weighted by molar-refractivity contribution is 7.21. The molecule has 0 aliphatic carbocycles. The van der Waals surface area contributed by atoms with E-state index in [0.717, 1.165) is 35.1 Å². The fourth-order valence-electron chi connectivity index (χ4n) is 3.02. The standard InChI is InChI=1S/C17H24N4OS/c1-12(9-21-10-13(2)22-14(3)11-21)6-8-19-17-20-15-5-4-7-18-16(15)23-17/h4-8,12-14H,9-11H2,1-3H3,(H,19,20)/b8-6+. The van der Waals surface area contributed by atoms with E-state index in [4.69, 9.17) is 4.74 Å². The Balaban J connectivity index is 1.51. The van der Waals surface area contributed by atoms with Gasteiger partial charge in [0.25, 0.3) is 0 Å². The molecule has 0 aromatic carbocycles. The van der Waals surface area contributed by atoms with E-state index < -0.39 is 0 Å². The molecule has 0 amide bonds. The Bertz CT molecular complexity index is 628. The molecule has 3 atom stereocenters. The number of hydrogen-bond acceptors (Lipinski definition) is 6. The molecular weight excluding hydrogens is 308 g/mol. The van der Waals surface area contributed by atoms with Gasteiger partial charge in [-0.2, -0.15) is 0 Å². The molecule has 3 rings (SSSR count). The second kappa shape index (κ2) is 7.38. The predicted molar refractivity (Wildman–Crippen MR) is 95.8 cm³/mol. The van der Waals surface area contributed by atoms with Gasteiger partial charge in [-0.15, -0.1) is 0 Å². The maximum Gasteiger partial charge on any atom is 0.189 e. The first-order valence-electron chi connectivity index (χ1n) is 8.12. The van der Waals surface area contributed by atoms with E-state index in [-0.39, 0.29) is 0 Å². The monoisotopic (exact) mass is 332 g/mol. The second-order valence-electron chi connectivity index (χ2n) is 6.30. The number of nitrogens with one attached hydrogen (secondary N) is 1. The van der Waals surface area contributed by atoms with Gasteiger partial charge in [-0.05, 0) is 38.1 Å². The molecule has 1 saturated heterocycles. The number of nitrogens with zero attached hydrogens (tertiary/aromatic N) is 3. The third-order valence-electron chi connectivity index (χ3n) is 3.84. The van der Waals surface area contributed by atoms with E-state index in [1.807, 2.05) is 18.3 Å². The van der Waals surface area contributed by atoms with Crippen LogP contribution in [-0.2, 0) is 4.74 Å². The molecule has 1 aliphatic heterocycles. The zero-order valence-electron chi connectivity index (χ0n) is 13.9. The zero-order valence-corrected chi connectivity index (χ0v) is 14.7. The van der Waals surface area contributed by atoms with Gasteiger partial charge >= 0.3 is 0 Å². The van der Waals surface area contributed by atoms with Crippen molar-refractivity contribution in [3.05, 3.63) is 30.6 Å². The van der Waals surface area contributed by atoms with E-state index in [0.29, 0.717) is 18.1 Å². The molecule has 6 heteroatoms. The summed E-state index contributed by atoms with van der Waals surface area (Å²) in [5, 5.41) is 4.15. The molecule has 0 saturated carbocycles. The first kappa shape index (κ1) is 16.4. The molecule has 2 aromatic rings. The van der Waals surface area contributed by atoms with Gasteiger partial charge in [-0.1, -0.05) is 24.3 Å². The summed E-state index contributed by atoms with van der Waals surface area (Å²) in [6.07, 6.45) is 6.64. The normalized spacial score (nSPS) is 24.3. The molecule has 1 aliphatic rings. The molecule has 0 radical (unpaired) electrons. The molecular formula is C17H24N4OS. The quantitative estimate of drug-likeness (QED) is 0.910. The van der Waals surface area contributed by atoms with Gasteiger partial charge in [0.05, 0.1) is 12.2 Å². The van der Waals surface area contributed by atoms with Crippen LogP contribution in [0.1, 0.15) is 20.8 Å². The van der Waals surface area contributed by atoms with Crippen LogP contribution in [-0.4, -0.2) is 46.7 Å². The van der Waals surface area contributed by atoms with Crippen molar-refractivity contribution in [2.75, 3.05) is 25.0 Å². The van der Waals surface area contributed by atoms with Crippen LogP contribution in [0, 0.1) is 5.92 Å². The fraction of sp³-hybridized carbons (Fsp3) is 0.529. The van der Waals surface area contributed by atoms with Gasteiger partial charge in [0.1, 0.15) is 10.3 Å². The molecule has 3 heterocycles. The van der Waals surface area contributed by atoms with Gasteiger partial charge < -0.3 is 10.1 Å². The highest BCUT2D eigenvalue weighted by Crippen LogP contribution is 2.23. The van der Waals surface area contributed by atoms with Crippen LogP contribution < -0.4 is 5.32 Å². The van der Waals surface area contributed by atoms with Crippen molar-refractivity contribution in [1.29, 1.82) is 0 Å². The Morgan fingerprint density at radius 2 is 2.22 bits per heavy atom. The third-order valence-corrected chi connectivity index (χ3v) is 4.75. The molecule has 3 unspecified atom stereocenters. The molecule has 1 N–H and O–H groups in total. The van der Waals surface area contributed by atoms with E-state index in [1.165, 1.54) is 0 Å². The fourth-order valence-corrected chi connectivity index (χ4v) is 3.80. The van der Waals surface area contributed by atoms with Crippen molar-refractivity contribution in [3.63, 3.8) is 0 Å². The molecule has 2 aromatic heterocycles. The minimum Gasteiger partial charge on any atom is -0.373 e. The lowest BCUT2D eigenvalue weighted by molar-refractivity contribution is -0.0697. The number of aromatic nitrogens is 2. The molecule has 5 nitrogen and oxygen atoms in total. The number of hydrogen-bond donors (Lipinski definition) is 1. The molecule has 0 bridgehead atoms. The van der Waals surface area contributed by atoms with Crippen LogP contribution in [0.5, 0.6) is 0 Å². The van der Waals surface area contributed by atoms with E-state index in [2.05, 4.69) is 47.0 Å². The number of ether oxygens (including phenoxy) is 1. The van der Waals surface area contributed by atoms with Crippen molar-refractivity contribution in [2.24, 2.45) is 5.92 Å². The van der Waals surface area contributed by atoms with E-state index in [9.17, 15) is 0 Å². The van der Waals surface area contributed by atoms with Crippen LogP contribution in [0.4, 0.5) is 5.13 Å². The van der Waals surface area contributed by atoms with Crippen LogP contribution in [0.3, 0.4) is 0 Å². The lowest BCUT2D eigenvalue weighted by atomic mass is 10.1. The largest absolute Gasteiger partial charge is 0.373 e. The molecule has 124 valence electrons. The number of thiazole rings is 1. The maximum atomic E-state index is 5.78. The van der Waals surface area contributed by atoms with Crippen LogP contribution >= 0.6 is 11.3 Å². The number of morpholine rings is 1. The Hall–Kier alpha value is -1.50. The number of anilines is 1. The zero-order chi connectivity index (χ0) is 16.2. The molecule has 23 heavy (non-hydrogen) atoms. The van der Waals surface area contributed by atoms with Gasteiger partial charge in [-0.3, -0.25) is 4.90 Å². The van der Waals surface area contributed by atoms with Crippen molar-refractivity contribution in [1.82, 2.24) is 14.9 Å². The van der Waals surface area contributed by atoms with E-state index >= 15 is 0 Å². The lowest BCUT2D eigenvalue weighted by Gasteiger charge is -2.36. The Morgan fingerprint density at radius 3 is 2.96 bits per heavy atom. The minimum absolute atomic E-state index is 0.323. The summed E-state index contributed by atoms with van der Waals surface area (Å²) in [6, 6.07) is 3.89.